The van der Waals surface area contributed by atoms with E-state index in [-0.39, 0.29) is 17.4 Å². The molecule has 0 radical (unpaired) electrons. The Balaban J connectivity index is 2.23. The second-order valence-corrected chi connectivity index (χ2v) is 4.53. The zero-order chi connectivity index (χ0) is 12.9. The summed E-state index contributed by atoms with van der Waals surface area (Å²) in [5.74, 6) is 0.133. The summed E-state index contributed by atoms with van der Waals surface area (Å²) in [4.78, 5) is 3.99. The van der Waals surface area contributed by atoms with Gasteiger partial charge in [0.15, 0.2) is 11.3 Å². The molecule has 2 heterocycles. The van der Waals surface area contributed by atoms with E-state index in [1.807, 2.05) is 0 Å². The number of halogens is 3. The normalized spacial score (nSPS) is 17.1. The van der Waals surface area contributed by atoms with Crippen LogP contribution in [0.3, 0.4) is 0 Å². The number of nitrogens with two attached hydrogens (primary N) is 1. The summed E-state index contributed by atoms with van der Waals surface area (Å²) in [6.07, 6.45) is 0.0217. The minimum Gasteiger partial charge on any atom is -0.384 e. The van der Waals surface area contributed by atoms with Crippen LogP contribution in [-0.4, -0.2) is 14.6 Å². The zero-order valence-corrected chi connectivity index (χ0v) is 9.41. The third kappa shape index (κ3) is 1.61. The van der Waals surface area contributed by atoms with Gasteiger partial charge in [-0.15, -0.1) is 0 Å². The number of alkyl halides is 3. The smallest absolute Gasteiger partial charge is 0.384 e. The topological polar surface area (TPSA) is 56.2 Å². The molecule has 1 fully saturated rings. The molecule has 0 bridgehead atoms. The fraction of sp³-hybridized carbons (Fsp3) is 0.455. The summed E-state index contributed by atoms with van der Waals surface area (Å²) in [5, 5.41) is 3.81. The van der Waals surface area contributed by atoms with Gasteiger partial charge in [-0.3, -0.25) is 0 Å². The molecule has 2 aromatic rings. The van der Waals surface area contributed by atoms with Crippen molar-refractivity contribution < 1.29 is 13.2 Å². The SMILES string of the molecule is Nc1cc(C(F)(F)F)n2ncc(C3CCC3)c2n1. The number of hydrogen-bond acceptors (Lipinski definition) is 3. The van der Waals surface area contributed by atoms with E-state index in [9.17, 15) is 13.2 Å². The zero-order valence-electron chi connectivity index (χ0n) is 9.41. The van der Waals surface area contributed by atoms with E-state index in [0.717, 1.165) is 35.4 Å². The quantitative estimate of drug-likeness (QED) is 0.853. The van der Waals surface area contributed by atoms with Crippen molar-refractivity contribution in [3.05, 3.63) is 23.5 Å². The van der Waals surface area contributed by atoms with Gasteiger partial charge in [-0.2, -0.15) is 18.3 Å². The minimum absolute atomic E-state index is 0.129. The first-order chi connectivity index (χ1) is 8.47. The van der Waals surface area contributed by atoms with E-state index in [1.165, 1.54) is 6.20 Å². The van der Waals surface area contributed by atoms with E-state index in [4.69, 9.17) is 5.73 Å². The molecule has 0 saturated heterocycles. The molecular formula is C11H11F3N4. The Morgan fingerprint density at radius 2 is 2.06 bits per heavy atom. The second kappa shape index (κ2) is 3.60. The lowest BCUT2D eigenvalue weighted by Crippen LogP contribution is -2.15. The first-order valence-corrected chi connectivity index (χ1v) is 5.68. The highest BCUT2D eigenvalue weighted by Crippen LogP contribution is 2.39. The molecule has 18 heavy (non-hydrogen) atoms. The van der Waals surface area contributed by atoms with Crippen LogP contribution in [-0.2, 0) is 6.18 Å². The molecule has 0 spiro atoms. The Labute approximate surface area is 101 Å². The van der Waals surface area contributed by atoms with Crippen LogP contribution >= 0.6 is 0 Å². The van der Waals surface area contributed by atoms with Crippen molar-refractivity contribution in [2.45, 2.75) is 31.4 Å². The average Bonchev–Trinajstić information content (AvgIpc) is 2.57. The summed E-state index contributed by atoms with van der Waals surface area (Å²) < 4.78 is 39.4. The largest absolute Gasteiger partial charge is 0.433 e. The number of aromatic nitrogens is 3. The molecular weight excluding hydrogens is 245 g/mol. The first-order valence-electron chi connectivity index (χ1n) is 5.68. The Morgan fingerprint density at radius 1 is 1.33 bits per heavy atom. The van der Waals surface area contributed by atoms with Crippen LogP contribution in [0, 0.1) is 0 Å². The van der Waals surface area contributed by atoms with E-state index >= 15 is 0 Å². The molecule has 0 atom stereocenters. The van der Waals surface area contributed by atoms with Gasteiger partial charge in [-0.05, 0) is 18.8 Å². The summed E-state index contributed by atoms with van der Waals surface area (Å²) >= 11 is 0. The number of anilines is 1. The fourth-order valence-corrected chi connectivity index (χ4v) is 2.21. The minimum atomic E-state index is -4.49. The van der Waals surface area contributed by atoms with Crippen molar-refractivity contribution in [2.24, 2.45) is 0 Å². The van der Waals surface area contributed by atoms with Gasteiger partial charge in [0.25, 0.3) is 0 Å². The summed E-state index contributed by atoms with van der Waals surface area (Å²) in [7, 11) is 0. The third-order valence-electron chi connectivity index (χ3n) is 3.35. The highest BCUT2D eigenvalue weighted by molar-refractivity contribution is 5.54. The Morgan fingerprint density at radius 3 is 2.61 bits per heavy atom. The number of fused-ring (bicyclic) bond motifs is 1. The lowest BCUT2D eigenvalue weighted by Gasteiger charge is -2.24. The van der Waals surface area contributed by atoms with Gasteiger partial charge in [0.05, 0.1) is 6.20 Å². The van der Waals surface area contributed by atoms with Crippen molar-refractivity contribution in [3.63, 3.8) is 0 Å². The number of nitrogen functional groups attached to an aromatic ring is 1. The highest BCUT2D eigenvalue weighted by atomic mass is 19.4. The molecule has 2 aromatic heterocycles. The number of rotatable bonds is 1. The van der Waals surface area contributed by atoms with Crippen LogP contribution in [0.5, 0.6) is 0 Å². The molecule has 1 aliphatic carbocycles. The standard InChI is InChI=1S/C11H11F3N4/c12-11(13,14)8-4-9(15)17-10-7(5-16-18(8)10)6-2-1-3-6/h4-6H,1-3H2,(H2,15,17). The number of nitrogens with zero attached hydrogens (tertiary/aromatic N) is 3. The van der Waals surface area contributed by atoms with Gasteiger partial charge in [0.2, 0.25) is 0 Å². The van der Waals surface area contributed by atoms with Crippen LogP contribution in [0.25, 0.3) is 5.65 Å². The van der Waals surface area contributed by atoms with Crippen LogP contribution < -0.4 is 5.73 Å². The predicted octanol–water partition coefficient (Wildman–Crippen LogP) is 2.60. The van der Waals surface area contributed by atoms with Gasteiger partial charge in [0.1, 0.15) is 5.82 Å². The lowest BCUT2D eigenvalue weighted by molar-refractivity contribution is -0.142. The molecule has 1 saturated carbocycles. The van der Waals surface area contributed by atoms with Gasteiger partial charge >= 0.3 is 6.18 Å². The van der Waals surface area contributed by atoms with Crippen LogP contribution in [0.1, 0.15) is 36.4 Å². The van der Waals surface area contributed by atoms with Crippen LogP contribution in [0.4, 0.5) is 19.0 Å². The van der Waals surface area contributed by atoms with E-state index in [2.05, 4.69) is 10.1 Å². The van der Waals surface area contributed by atoms with Crippen LogP contribution in [0.15, 0.2) is 12.3 Å². The summed E-state index contributed by atoms with van der Waals surface area (Å²) in [5.41, 5.74) is 5.57. The maximum atomic E-state index is 12.9. The molecule has 96 valence electrons. The fourth-order valence-electron chi connectivity index (χ4n) is 2.21. The van der Waals surface area contributed by atoms with Gasteiger partial charge < -0.3 is 5.73 Å². The van der Waals surface area contributed by atoms with Gasteiger partial charge in [-0.25, -0.2) is 9.50 Å². The molecule has 0 unspecified atom stereocenters. The second-order valence-electron chi connectivity index (χ2n) is 4.53. The van der Waals surface area contributed by atoms with Gasteiger partial charge in [-0.1, -0.05) is 6.42 Å². The van der Waals surface area contributed by atoms with Crippen LogP contribution in [0.2, 0.25) is 0 Å². The van der Waals surface area contributed by atoms with Gasteiger partial charge in [0, 0.05) is 11.6 Å². The monoisotopic (exact) mass is 256 g/mol. The van der Waals surface area contributed by atoms with E-state index < -0.39 is 11.9 Å². The van der Waals surface area contributed by atoms with Crippen molar-refractivity contribution in [2.75, 3.05) is 5.73 Å². The molecule has 7 heteroatoms. The van der Waals surface area contributed by atoms with Crippen molar-refractivity contribution in [1.29, 1.82) is 0 Å². The molecule has 1 aliphatic rings. The summed E-state index contributed by atoms with van der Waals surface area (Å²) in [6.45, 7) is 0. The Kier molecular flexibility index (Phi) is 2.26. The molecule has 0 aliphatic heterocycles. The number of hydrogen-bond donors (Lipinski definition) is 1. The molecule has 4 nitrogen and oxygen atoms in total. The molecule has 0 aromatic carbocycles. The van der Waals surface area contributed by atoms with Crippen molar-refractivity contribution in [1.82, 2.24) is 14.6 Å². The Hall–Kier alpha value is -1.79. The molecule has 3 rings (SSSR count). The van der Waals surface area contributed by atoms with E-state index in [1.54, 1.807) is 0 Å². The first kappa shape index (κ1) is 11.3. The lowest BCUT2D eigenvalue weighted by atomic mass is 9.81. The average molecular weight is 256 g/mol. The summed E-state index contributed by atoms with van der Waals surface area (Å²) in [6, 6.07) is 0.810. The molecule has 0 amide bonds. The molecule has 2 N–H and O–H groups in total. The van der Waals surface area contributed by atoms with E-state index in [0.29, 0.717) is 0 Å². The van der Waals surface area contributed by atoms with Crippen molar-refractivity contribution >= 4 is 11.5 Å². The maximum absolute atomic E-state index is 12.9. The predicted molar refractivity (Wildman–Crippen MR) is 59.0 cm³/mol. The maximum Gasteiger partial charge on any atom is 0.433 e. The third-order valence-corrected chi connectivity index (χ3v) is 3.35. The van der Waals surface area contributed by atoms with Crippen molar-refractivity contribution in [3.8, 4) is 0 Å². The highest BCUT2D eigenvalue weighted by Gasteiger charge is 2.36. The Bertz CT molecular complexity index is 598.